The minimum absolute atomic E-state index is 0.0970. The van der Waals surface area contributed by atoms with Crippen LogP contribution < -0.4 is 10.1 Å². The van der Waals surface area contributed by atoms with Gasteiger partial charge in [0, 0.05) is 11.8 Å². The number of phenols is 1. The van der Waals surface area contributed by atoms with Crippen molar-refractivity contribution >= 4 is 17.6 Å². The molecule has 0 aliphatic carbocycles. The van der Waals surface area contributed by atoms with Gasteiger partial charge in [-0.25, -0.2) is 9.48 Å². The molecule has 0 saturated heterocycles. The molecular weight excluding hydrogens is 358 g/mol. The lowest BCUT2D eigenvalue weighted by Crippen LogP contribution is -2.29. The summed E-state index contributed by atoms with van der Waals surface area (Å²) in [5.41, 5.74) is 0.461. The molecule has 1 aliphatic heterocycles. The van der Waals surface area contributed by atoms with E-state index in [0.29, 0.717) is 17.2 Å². The Morgan fingerprint density at radius 2 is 2.22 bits per heavy atom. The molecule has 0 radical (unpaired) electrons. The van der Waals surface area contributed by atoms with E-state index in [1.165, 1.54) is 30.3 Å². The van der Waals surface area contributed by atoms with Gasteiger partial charge >= 0.3 is 11.7 Å². The van der Waals surface area contributed by atoms with Crippen LogP contribution in [0.4, 0.5) is 11.6 Å². The fourth-order valence-corrected chi connectivity index (χ4v) is 2.94. The Balaban J connectivity index is 2.25. The molecule has 2 aromatic rings. The van der Waals surface area contributed by atoms with Crippen LogP contribution in [0.2, 0.25) is 0 Å². The van der Waals surface area contributed by atoms with E-state index in [2.05, 4.69) is 15.4 Å². The standard InChI is InChI=1S/C16H17N5O6/c1-4-27-15(23)12-8(2)19-16-17-7-18-20(16)13(12)9-5-10(21(24)25)14(22)11(6-9)26-3/h5-7,13,22H,4H2,1-3H3,(H,17,18,19)/t13-/m0/s1. The van der Waals surface area contributed by atoms with Crippen LogP contribution in [0.25, 0.3) is 0 Å². The van der Waals surface area contributed by atoms with Gasteiger partial charge in [-0.3, -0.25) is 10.1 Å². The number of methoxy groups -OCH3 is 1. The first-order valence-corrected chi connectivity index (χ1v) is 7.98. The normalized spacial score (nSPS) is 15.7. The third kappa shape index (κ3) is 3.03. The maximum atomic E-state index is 12.6. The average Bonchev–Trinajstić information content (AvgIpc) is 3.08. The summed E-state index contributed by atoms with van der Waals surface area (Å²) in [5.74, 6) is -0.929. The van der Waals surface area contributed by atoms with Gasteiger partial charge in [-0.1, -0.05) is 0 Å². The van der Waals surface area contributed by atoms with Gasteiger partial charge in [0.1, 0.15) is 12.4 Å². The summed E-state index contributed by atoms with van der Waals surface area (Å²) >= 11 is 0. The number of ether oxygens (including phenoxy) is 2. The van der Waals surface area contributed by atoms with Gasteiger partial charge in [0.25, 0.3) is 0 Å². The lowest BCUT2D eigenvalue weighted by atomic mass is 9.95. The second kappa shape index (κ2) is 6.94. The van der Waals surface area contributed by atoms with Crippen LogP contribution in [0.1, 0.15) is 25.5 Å². The van der Waals surface area contributed by atoms with Crippen molar-refractivity contribution in [1.29, 1.82) is 0 Å². The van der Waals surface area contributed by atoms with Gasteiger partial charge < -0.3 is 19.9 Å². The predicted molar refractivity (Wildman–Crippen MR) is 92.4 cm³/mol. The smallest absolute Gasteiger partial charge is 0.338 e. The molecule has 0 amide bonds. The zero-order valence-corrected chi connectivity index (χ0v) is 14.8. The van der Waals surface area contributed by atoms with E-state index in [-0.39, 0.29) is 17.9 Å². The van der Waals surface area contributed by atoms with Crippen molar-refractivity contribution in [2.24, 2.45) is 0 Å². The minimum Gasteiger partial charge on any atom is -0.500 e. The molecule has 11 nitrogen and oxygen atoms in total. The Hall–Kier alpha value is -3.63. The summed E-state index contributed by atoms with van der Waals surface area (Å²) in [6.45, 7) is 3.50. The van der Waals surface area contributed by atoms with Gasteiger partial charge in [0.05, 0.1) is 24.2 Å². The highest BCUT2D eigenvalue weighted by Crippen LogP contribution is 2.42. The number of nitro benzene ring substituents is 1. The molecule has 0 spiro atoms. The second-order valence-electron chi connectivity index (χ2n) is 5.66. The topological polar surface area (TPSA) is 142 Å². The fourth-order valence-electron chi connectivity index (χ4n) is 2.94. The molecule has 1 aromatic heterocycles. The quantitative estimate of drug-likeness (QED) is 0.454. The van der Waals surface area contributed by atoms with Crippen molar-refractivity contribution < 1.29 is 24.3 Å². The summed E-state index contributed by atoms with van der Waals surface area (Å²) in [5, 5.41) is 28.5. The molecule has 3 rings (SSSR count). The van der Waals surface area contributed by atoms with E-state index < -0.39 is 28.4 Å². The van der Waals surface area contributed by atoms with E-state index in [0.717, 1.165) is 0 Å². The van der Waals surface area contributed by atoms with Crippen molar-refractivity contribution in [3.05, 3.63) is 45.4 Å². The van der Waals surface area contributed by atoms with Crippen LogP contribution in [0, 0.1) is 10.1 Å². The van der Waals surface area contributed by atoms with E-state index in [4.69, 9.17) is 9.47 Å². The van der Waals surface area contributed by atoms with Crippen LogP contribution in [0.5, 0.6) is 11.5 Å². The molecule has 0 unspecified atom stereocenters. The number of fused-ring (bicyclic) bond motifs is 1. The number of carbonyl (C=O) groups excluding carboxylic acids is 1. The Morgan fingerprint density at radius 3 is 2.85 bits per heavy atom. The van der Waals surface area contributed by atoms with Gasteiger partial charge in [0.2, 0.25) is 11.7 Å². The van der Waals surface area contributed by atoms with Crippen LogP contribution in [-0.2, 0) is 9.53 Å². The molecule has 142 valence electrons. The van der Waals surface area contributed by atoms with Crippen molar-refractivity contribution in [2.75, 3.05) is 19.0 Å². The van der Waals surface area contributed by atoms with Gasteiger partial charge in [-0.05, 0) is 25.5 Å². The Bertz CT molecular complexity index is 951. The van der Waals surface area contributed by atoms with Crippen molar-refractivity contribution in [3.63, 3.8) is 0 Å². The van der Waals surface area contributed by atoms with Crippen LogP contribution in [0.3, 0.4) is 0 Å². The molecule has 1 aliphatic rings. The average molecular weight is 375 g/mol. The minimum atomic E-state index is -0.851. The number of benzene rings is 1. The van der Waals surface area contributed by atoms with Crippen molar-refractivity contribution in [2.45, 2.75) is 19.9 Å². The number of aromatic nitrogens is 3. The molecule has 11 heteroatoms. The molecule has 0 bridgehead atoms. The van der Waals surface area contributed by atoms with Crippen LogP contribution >= 0.6 is 0 Å². The first-order chi connectivity index (χ1) is 12.9. The summed E-state index contributed by atoms with van der Waals surface area (Å²) in [6.07, 6.45) is 1.29. The SMILES string of the molecule is CCOC(=O)C1=C(C)Nc2ncnn2[C@H]1c1cc(OC)c(O)c([N+](=O)[O-])c1. The number of esters is 1. The number of anilines is 1. The Kier molecular flexibility index (Phi) is 4.67. The second-order valence-corrected chi connectivity index (χ2v) is 5.66. The van der Waals surface area contributed by atoms with Crippen molar-refractivity contribution in [1.82, 2.24) is 14.8 Å². The first-order valence-electron chi connectivity index (χ1n) is 7.98. The monoisotopic (exact) mass is 375 g/mol. The highest BCUT2D eigenvalue weighted by Gasteiger charge is 2.36. The summed E-state index contributed by atoms with van der Waals surface area (Å²) < 4.78 is 11.6. The Labute approximate surface area is 153 Å². The number of hydrogen-bond acceptors (Lipinski definition) is 9. The van der Waals surface area contributed by atoms with E-state index in [1.807, 2.05) is 0 Å². The lowest BCUT2D eigenvalue weighted by molar-refractivity contribution is -0.386. The number of nitrogens with one attached hydrogen (secondary N) is 1. The highest BCUT2D eigenvalue weighted by molar-refractivity contribution is 5.92. The van der Waals surface area contributed by atoms with Gasteiger partial charge in [0.15, 0.2) is 5.75 Å². The predicted octanol–water partition coefficient (Wildman–Crippen LogP) is 1.75. The number of phenolic OH excluding ortho intramolecular Hbond substituents is 1. The number of hydrogen-bond donors (Lipinski definition) is 2. The third-order valence-corrected chi connectivity index (χ3v) is 4.10. The van der Waals surface area contributed by atoms with Crippen LogP contribution in [0.15, 0.2) is 29.7 Å². The maximum Gasteiger partial charge on any atom is 0.338 e. The van der Waals surface area contributed by atoms with Gasteiger partial charge in [-0.15, -0.1) is 0 Å². The summed E-state index contributed by atoms with van der Waals surface area (Å²) in [4.78, 5) is 27.3. The van der Waals surface area contributed by atoms with E-state index >= 15 is 0 Å². The Morgan fingerprint density at radius 1 is 1.48 bits per heavy atom. The first kappa shape index (κ1) is 18.2. The number of rotatable bonds is 5. The van der Waals surface area contributed by atoms with E-state index in [1.54, 1.807) is 13.8 Å². The van der Waals surface area contributed by atoms with E-state index in [9.17, 15) is 20.0 Å². The number of carbonyl (C=O) groups is 1. The molecule has 0 saturated carbocycles. The number of nitro groups is 1. The number of nitrogens with zero attached hydrogens (tertiary/aromatic N) is 4. The molecule has 2 heterocycles. The zero-order chi connectivity index (χ0) is 19.7. The van der Waals surface area contributed by atoms with Crippen LogP contribution in [-0.4, -0.2) is 44.5 Å². The lowest BCUT2D eigenvalue weighted by Gasteiger charge is -2.28. The maximum absolute atomic E-state index is 12.6. The number of aromatic hydroxyl groups is 1. The van der Waals surface area contributed by atoms with Gasteiger partial charge in [-0.2, -0.15) is 10.1 Å². The molecule has 1 atom stereocenters. The highest BCUT2D eigenvalue weighted by atomic mass is 16.6. The van der Waals surface area contributed by atoms with Crippen molar-refractivity contribution in [3.8, 4) is 11.5 Å². The largest absolute Gasteiger partial charge is 0.500 e. The number of allylic oxidation sites excluding steroid dienone is 1. The molecule has 27 heavy (non-hydrogen) atoms. The third-order valence-electron chi connectivity index (χ3n) is 4.10. The summed E-state index contributed by atoms with van der Waals surface area (Å²) in [6, 6.07) is 1.73. The molecule has 0 fully saturated rings. The zero-order valence-electron chi connectivity index (χ0n) is 14.8. The molecular formula is C16H17N5O6. The summed E-state index contributed by atoms with van der Waals surface area (Å²) in [7, 11) is 1.28. The molecule has 2 N–H and O–H groups in total. The molecule has 1 aromatic carbocycles. The fraction of sp³-hybridized carbons (Fsp3) is 0.312.